The summed E-state index contributed by atoms with van der Waals surface area (Å²) in [6.07, 6.45) is 3.53. The number of carboxylic acids is 1. The van der Waals surface area contributed by atoms with Crippen molar-refractivity contribution in [3.8, 4) is 0 Å². The van der Waals surface area contributed by atoms with Crippen LogP contribution in [0, 0.1) is 0 Å². The lowest BCUT2D eigenvalue weighted by atomic mass is 10.3. The molecule has 0 aromatic heterocycles. The molecule has 0 unspecified atom stereocenters. The molecule has 14 nitrogen and oxygen atoms in total. The lowest BCUT2D eigenvalue weighted by molar-refractivity contribution is -0.138. The minimum atomic E-state index is -0.873. The van der Waals surface area contributed by atoms with Crippen LogP contribution in [0.25, 0.3) is 0 Å². The van der Waals surface area contributed by atoms with Gasteiger partial charge in [0.15, 0.2) is 0 Å². The monoisotopic (exact) mass is 644 g/mol. The standard InChI is InChI=1S/C30H60O14/c1-2-3-4-6-33-8-10-35-12-14-37-16-18-39-20-22-41-24-26-43-28-29-44-27-25-42-23-21-40-19-17-38-15-13-36-11-9-34-7-5-30(31)32/h2-29H2,1H3,(H,31,32). The average Bonchev–Trinajstić information content (AvgIpc) is 3.02. The molecule has 0 radical (unpaired) electrons. The van der Waals surface area contributed by atoms with E-state index >= 15 is 0 Å². The second-order valence-electron chi connectivity index (χ2n) is 9.20. The number of ether oxygens (including phenoxy) is 12. The highest BCUT2D eigenvalue weighted by molar-refractivity contribution is 5.66. The van der Waals surface area contributed by atoms with E-state index < -0.39 is 5.97 Å². The van der Waals surface area contributed by atoms with Gasteiger partial charge in [0.2, 0.25) is 0 Å². The number of carboxylic acid groups (broad SMARTS) is 1. The molecule has 14 heteroatoms. The predicted octanol–water partition coefficient (Wildman–Crippen LogP) is 1.85. The molecule has 0 rings (SSSR count). The van der Waals surface area contributed by atoms with Gasteiger partial charge in [0.05, 0.1) is 158 Å². The molecule has 0 aliphatic carbocycles. The first-order valence-electron chi connectivity index (χ1n) is 15.9. The van der Waals surface area contributed by atoms with E-state index in [9.17, 15) is 4.79 Å². The van der Waals surface area contributed by atoms with Crippen molar-refractivity contribution < 1.29 is 66.7 Å². The molecule has 0 aromatic rings. The maximum absolute atomic E-state index is 10.3. The summed E-state index contributed by atoms with van der Waals surface area (Å²) in [6.45, 7) is 14.2. The first kappa shape index (κ1) is 43.0. The fourth-order valence-corrected chi connectivity index (χ4v) is 3.13. The zero-order chi connectivity index (χ0) is 31.9. The predicted molar refractivity (Wildman–Crippen MR) is 162 cm³/mol. The van der Waals surface area contributed by atoms with E-state index in [0.717, 1.165) is 13.0 Å². The number of aliphatic carboxylic acids is 1. The van der Waals surface area contributed by atoms with Crippen LogP contribution in [0.1, 0.15) is 32.6 Å². The Bertz CT molecular complexity index is 544. The number of hydrogen-bond donors (Lipinski definition) is 1. The molecular formula is C30H60O14. The number of hydrogen-bond acceptors (Lipinski definition) is 13. The van der Waals surface area contributed by atoms with Gasteiger partial charge in [-0.15, -0.1) is 0 Å². The summed E-state index contributed by atoms with van der Waals surface area (Å²) in [5.74, 6) is -0.873. The van der Waals surface area contributed by atoms with Gasteiger partial charge in [-0.1, -0.05) is 19.8 Å². The maximum Gasteiger partial charge on any atom is 0.305 e. The van der Waals surface area contributed by atoms with Gasteiger partial charge >= 0.3 is 5.97 Å². The van der Waals surface area contributed by atoms with E-state index in [1.807, 2.05) is 0 Å². The molecule has 0 aromatic carbocycles. The number of rotatable bonds is 40. The second kappa shape index (κ2) is 40.0. The zero-order valence-electron chi connectivity index (χ0n) is 27.1. The third kappa shape index (κ3) is 41.0. The fraction of sp³-hybridized carbons (Fsp3) is 0.967. The third-order valence-electron chi connectivity index (χ3n) is 5.44. The van der Waals surface area contributed by atoms with Crippen molar-refractivity contribution in [2.75, 3.05) is 159 Å². The highest BCUT2D eigenvalue weighted by Crippen LogP contribution is 1.94. The first-order valence-corrected chi connectivity index (χ1v) is 15.9. The SMILES string of the molecule is CCCCCOCCOCCOCCOCCOCCOCCOCCOCCOCCOCCOCCOCCC(=O)O. The summed E-state index contributed by atoms with van der Waals surface area (Å²) in [7, 11) is 0. The van der Waals surface area contributed by atoms with Crippen molar-refractivity contribution in [2.45, 2.75) is 32.6 Å². The average molecular weight is 645 g/mol. The Kier molecular flexibility index (Phi) is 39.1. The lowest BCUT2D eigenvalue weighted by Crippen LogP contribution is -2.15. The summed E-state index contributed by atoms with van der Waals surface area (Å²) >= 11 is 0. The van der Waals surface area contributed by atoms with Gasteiger partial charge in [0.25, 0.3) is 0 Å². The number of carbonyl (C=O) groups is 1. The second-order valence-corrected chi connectivity index (χ2v) is 9.20. The van der Waals surface area contributed by atoms with Gasteiger partial charge in [-0.2, -0.15) is 0 Å². The van der Waals surface area contributed by atoms with Gasteiger partial charge in [-0.3, -0.25) is 4.79 Å². The lowest BCUT2D eigenvalue weighted by Gasteiger charge is -2.09. The van der Waals surface area contributed by atoms with Crippen molar-refractivity contribution in [1.29, 1.82) is 0 Å². The Morgan fingerprint density at radius 3 is 0.750 bits per heavy atom. The Morgan fingerprint density at radius 2 is 0.545 bits per heavy atom. The third-order valence-corrected chi connectivity index (χ3v) is 5.44. The van der Waals surface area contributed by atoms with Crippen molar-refractivity contribution in [3.63, 3.8) is 0 Å². The van der Waals surface area contributed by atoms with E-state index in [-0.39, 0.29) is 13.0 Å². The molecule has 264 valence electrons. The largest absolute Gasteiger partial charge is 0.481 e. The number of unbranched alkanes of at least 4 members (excludes halogenated alkanes) is 2. The topological polar surface area (TPSA) is 148 Å². The van der Waals surface area contributed by atoms with E-state index in [2.05, 4.69) is 6.92 Å². The van der Waals surface area contributed by atoms with Crippen molar-refractivity contribution in [1.82, 2.24) is 0 Å². The van der Waals surface area contributed by atoms with Gasteiger partial charge in [0, 0.05) is 6.61 Å². The van der Waals surface area contributed by atoms with Crippen LogP contribution >= 0.6 is 0 Å². The van der Waals surface area contributed by atoms with Crippen LogP contribution in [0.4, 0.5) is 0 Å². The van der Waals surface area contributed by atoms with E-state index in [1.54, 1.807) is 0 Å². The van der Waals surface area contributed by atoms with Crippen molar-refractivity contribution in [3.05, 3.63) is 0 Å². The minimum absolute atomic E-state index is 0.000848. The van der Waals surface area contributed by atoms with Gasteiger partial charge in [-0.05, 0) is 6.42 Å². The van der Waals surface area contributed by atoms with Crippen molar-refractivity contribution in [2.24, 2.45) is 0 Å². The Balaban J connectivity index is 3.04. The smallest absolute Gasteiger partial charge is 0.305 e. The molecule has 0 bridgehead atoms. The summed E-state index contributed by atoms with van der Waals surface area (Å²) < 4.78 is 65.0. The summed E-state index contributed by atoms with van der Waals surface area (Å²) in [4.78, 5) is 10.3. The van der Waals surface area contributed by atoms with E-state index in [4.69, 9.17) is 61.9 Å². The molecule has 0 saturated carbocycles. The van der Waals surface area contributed by atoms with Crippen LogP contribution in [0.15, 0.2) is 0 Å². The minimum Gasteiger partial charge on any atom is -0.481 e. The van der Waals surface area contributed by atoms with Crippen molar-refractivity contribution >= 4 is 5.97 Å². The van der Waals surface area contributed by atoms with Crippen LogP contribution < -0.4 is 0 Å². The molecule has 0 atom stereocenters. The quantitative estimate of drug-likeness (QED) is 0.0968. The molecule has 0 spiro atoms. The van der Waals surface area contributed by atoms with Gasteiger partial charge < -0.3 is 61.9 Å². The maximum atomic E-state index is 10.3. The van der Waals surface area contributed by atoms with Crippen LogP contribution in [-0.4, -0.2) is 170 Å². The Labute approximate surface area is 264 Å². The Morgan fingerprint density at radius 1 is 0.341 bits per heavy atom. The molecule has 44 heavy (non-hydrogen) atoms. The van der Waals surface area contributed by atoms with Crippen LogP contribution in [0.5, 0.6) is 0 Å². The summed E-state index contributed by atoms with van der Waals surface area (Å²) in [6, 6.07) is 0. The van der Waals surface area contributed by atoms with Gasteiger partial charge in [0.1, 0.15) is 0 Å². The Hall–Kier alpha value is -1.01. The normalized spacial score (nSPS) is 11.5. The fourth-order valence-electron chi connectivity index (χ4n) is 3.13. The molecule has 0 heterocycles. The molecular weight excluding hydrogens is 584 g/mol. The first-order chi connectivity index (χ1) is 21.8. The van der Waals surface area contributed by atoms with Crippen LogP contribution in [0.3, 0.4) is 0 Å². The van der Waals surface area contributed by atoms with E-state index in [1.165, 1.54) is 12.8 Å². The highest BCUT2D eigenvalue weighted by atomic mass is 16.6. The zero-order valence-corrected chi connectivity index (χ0v) is 27.1. The molecule has 1 N–H and O–H groups in total. The van der Waals surface area contributed by atoms with Crippen LogP contribution in [-0.2, 0) is 61.6 Å². The molecule has 0 aliphatic heterocycles. The summed E-state index contributed by atoms with van der Waals surface area (Å²) in [5, 5.41) is 8.48. The molecule has 0 amide bonds. The molecule has 0 fully saturated rings. The van der Waals surface area contributed by atoms with Gasteiger partial charge in [-0.25, -0.2) is 0 Å². The molecule has 0 aliphatic rings. The van der Waals surface area contributed by atoms with E-state index in [0.29, 0.717) is 145 Å². The van der Waals surface area contributed by atoms with Crippen LogP contribution in [0.2, 0.25) is 0 Å². The summed E-state index contributed by atoms with van der Waals surface area (Å²) in [5.41, 5.74) is 0. The molecule has 0 saturated heterocycles. The highest BCUT2D eigenvalue weighted by Gasteiger charge is 1.98.